The Morgan fingerprint density at radius 2 is 2.25 bits per heavy atom. The van der Waals surface area contributed by atoms with Gasteiger partial charge >= 0.3 is 0 Å². The molecule has 0 saturated heterocycles. The molecule has 0 bridgehead atoms. The van der Waals surface area contributed by atoms with Gasteiger partial charge < -0.3 is 10.8 Å². The van der Waals surface area contributed by atoms with Gasteiger partial charge in [0.1, 0.15) is 0 Å². The van der Waals surface area contributed by atoms with E-state index in [0.717, 1.165) is 0 Å². The number of aliphatic hydroxyl groups is 1. The minimum absolute atomic E-state index is 0.442. The van der Waals surface area contributed by atoms with Gasteiger partial charge in [-0.15, -0.1) is 0 Å². The first-order chi connectivity index (χ1) is 5.61. The zero-order valence-electron chi connectivity index (χ0n) is 6.74. The normalized spacial score (nSPS) is 15.7. The largest absolute Gasteiger partial charge is 0.391 e. The lowest BCUT2D eigenvalue weighted by molar-refractivity contribution is 0.162. The third kappa shape index (κ3) is 2.17. The number of aromatic nitrogens is 1. The van der Waals surface area contributed by atoms with Gasteiger partial charge in [-0.2, -0.15) is 0 Å². The van der Waals surface area contributed by atoms with Crippen LogP contribution in [0.3, 0.4) is 0 Å². The van der Waals surface area contributed by atoms with Crippen molar-refractivity contribution >= 4 is 11.6 Å². The summed E-state index contributed by atoms with van der Waals surface area (Å²) in [6.45, 7) is 1.63. The van der Waals surface area contributed by atoms with Gasteiger partial charge in [0.25, 0.3) is 0 Å². The molecule has 0 fully saturated rings. The summed E-state index contributed by atoms with van der Waals surface area (Å²) in [6.07, 6.45) is 0.915. The van der Waals surface area contributed by atoms with E-state index in [-0.39, 0.29) is 0 Å². The quantitative estimate of drug-likeness (QED) is 0.728. The first kappa shape index (κ1) is 9.45. The van der Waals surface area contributed by atoms with E-state index in [1.54, 1.807) is 19.1 Å². The molecule has 1 aromatic heterocycles. The molecule has 0 unspecified atom stereocenters. The molecule has 3 nitrogen and oxygen atoms in total. The van der Waals surface area contributed by atoms with Crippen molar-refractivity contribution in [1.82, 2.24) is 4.98 Å². The van der Waals surface area contributed by atoms with Crippen LogP contribution >= 0.6 is 11.6 Å². The predicted molar refractivity (Wildman–Crippen MR) is 47.9 cm³/mol. The molecule has 0 spiro atoms. The molecule has 0 aliphatic rings. The minimum atomic E-state index is -0.598. The maximum Gasteiger partial charge on any atom is 0.0730 e. The van der Waals surface area contributed by atoms with Crippen LogP contribution in [0, 0.1) is 0 Å². The molecular weight excluding hydrogens is 176 g/mol. The SMILES string of the molecule is C[C@H](O)[C@@H](N)c1ccc(Cl)cn1. The summed E-state index contributed by atoms with van der Waals surface area (Å²) >= 11 is 5.63. The minimum Gasteiger partial charge on any atom is -0.391 e. The Morgan fingerprint density at radius 1 is 1.58 bits per heavy atom. The molecule has 1 rings (SSSR count). The van der Waals surface area contributed by atoms with E-state index in [0.29, 0.717) is 10.7 Å². The van der Waals surface area contributed by atoms with Gasteiger partial charge in [0.15, 0.2) is 0 Å². The summed E-state index contributed by atoms with van der Waals surface area (Å²) < 4.78 is 0. The maximum atomic E-state index is 9.15. The Labute approximate surface area is 76.2 Å². The van der Waals surface area contributed by atoms with Gasteiger partial charge in [0, 0.05) is 6.20 Å². The molecule has 2 atom stereocenters. The van der Waals surface area contributed by atoms with E-state index in [1.807, 2.05) is 0 Å². The van der Waals surface area contributed by atoms with Crippen molar-refractivity contribution < 1.29 is 5.11 Å². The number of hydrogen-bond donors (Lipinski definition) is 2. The molecule has 3 N–H and O–H groups in total. The fraction of sp³-hybridized carbons (Fsp3) is 0.375. The van der Waals surface area contributed by atoms with Crippen LogP contribution in [0.4, 0.5) is 0 Å². The molecular formula is C8H11ClN2O. The number of halogens is 1. The van der Waals surface area contributed by atoms with Crippen LogP contribution in [0.5, 0.6) is 0 Å². The molecule has 0 radical (unpaired) electrons. The topological polar surface area (TPSA) is 59.1 Å². The van der Waals surface area contributed by atoms with Crippen LogP contribution in [-0.2, 0) is 0 Å². The number of rotatable bonds is 2. The third-order valence-corrected chi connectivity index (χ3v) is 1.84. The maximum absolute atomic E-state index is 9.15. The van der Waals surface area contributed by atoms with Gasteiger partial charge in [0.05, 0.1) is 22.9 Å². The van der Waals surface area contributed by atoms with Gasteiger partial charge in [-0.05, 0) is 19.1 Å². The standard InChI is InChI=1S/C8H11ClN2O/c1-5(12)8(10)7-3-2-6(9)4-11-7/h2-5,8,12H,10H2,1H3/t5-,8+/m0/s1. The first-order valence-electron chi connectivity index (χ1n) is 3.66. The van der Waals surface area contributed by atoms with E-state index in [4.69, 9.17) is 22.4 Å². The summed E-state index contributed by atoms with van der Waals surface area (Å²) in [7, 11) is 0. The molecule has 0 aliphatic heterocycles. The Kier molecular flexibility index (Phi) is 3.03. The van der Waals surface area contributed by atoms with Crippen molar-refractivity contribution in [2.75, 3.05) is 0 Å². The highest BCUT2D eigenvalue weighted by atomic mass is 35.5. The highest BCUT2D eigenvalue weighted by Gasteiger charge is 2.12. The lowest BCUT2D eigenvalue weighted by Gasteiger charge is -2.13. The Balaban J connectivity index is 2.82. The number of nitrogens with zero attached hydrogens (tertiary/aromatic N) is 1. The van der Waals surface area contributed by atoms with Crippen molar-refractivity contribution in [2.45, 2.75) is 19.1 Å². The van der Waals surface area contributed by atoms with Crippen LogP contribution in [0.1, 0.15) is 18.7 Å². The van der Waals surface area contributed by atoms with Crippen molar-refractivity contribution in [3.63, 3.8) is 0 Å². The molecule has 1 heterocycles. The van der Waals surface area contributed by atoms with Crippen molar-refractivity contribution in [2.24, 2.45) is 5.73 Å². The van der Waals surface area contributed by atoms with Gasteiger partial charge in [-0.25, -0.2) is 0 Å². The molecule has 66 valence electrons. The molecule has 0 aromatic carbocycles. The Hall–Kier alpha value is -0.640. The Bertz CT molecular complexity index is 248. The average Bonchev–Trinajstić information content (AvgIpc) is 2.04. The van der Waals surface area contributed by atoms with Gasteiger partial charge in [-0.1, -0.05) is 11.6 Å². The molecule has 1 aromatic rings. The fourth-order valence-corrected chi connectivity index (χ4v) is 0.943. The highest BCUT2D eigenvalue weighted by Crippen LogP contribution is 2.13. The average molecular weight is 187 g/mol. The van der Waals surface area contributed by atoms with E-state index in [9.17, 15) is 0 Å². The number of nitrogens with two attached hydrogens (primary N) is 1. The summed E-state index contributed by atoms with van der Waals surface area (Å²) in [4.78, 5) is 3.98. The second-order valence-electron chi connectivity index (χ2n) is 2.67. The van der Waals surface area contributed by atoms with Crippen LogP contribution in [0.15, 0.2) is 18.3 Å². The molecule has 4 heteroatoms. The van der Waals surface area contributed by atoms with Crippen molar-refractivity contribution in [3.8, 4) is 0 Å². The van der Waals surface area contributed by atoms with Gasteiger partial charge in [0.2, 0.25) is 0 Å². The third-order valence-electron chi connectivity index (χ3n) is 1.61. The first-order valence-corrected chi connectivity index (χ1v) is 4.04. The second-order valence-corrected chi connectivity index (χ2v) is 3.10. The number of aliphatic hydroxyl groups excluding tert-OH is 1. The summed E-state index contributed by atoms with van der Waals surface area (Å²) in [5.74, 6) is 0. The zero-order chi connectivity index (χ0) is 9.14. The lowest BCUT2D eigenvalue weighted by Crippen LogP contribution is -2.23. The molecule has 12 heavy (non-hydrogen) atoms. The zero-order valence-corrected chi connectivity index (χ0v) is 7.49. The smallest absolute Gasteiger partial charge is 0.0730 e. The van der Waals surface area contributed by atoms with E-state index in [2.05, 4.69) is 4.98 Å². The van der Waals surface area contributed by atoms with E-state index < -0.39 is 12.1 Å². The fourth-order valence-electron chi connectivity index (χ4n) is 0.832. The lowest BCUT2D eigenvalue weighted by atomic mass is 10.1. The molecule has 0 saturated carbocycles. The monoisotopic (exact) mass is 186 g/mol. The van der Waals surface area contributed by atoms with Crippen LogP contribution in [0.2, 0.25) is 5.02 Å². The van der Waals surface area contributed by atoms with Crippen LogP contribution < -0.4 is 5.73 Å². The van der Waals surface area contributed by atoms with Crippen molar-refractivity contribution in [3.05, 3.63) is 29.0 Å². The number of hydrogen-bond acceptors (Lipinski definition) is 3. The highest BCUT2D eigenvalue weighted by molar-refractivity contribution is 6.30. The second kappa shape index (κ2) is 3.85. The van der Waals surface area contributed by atoms with Gasteiger partial charge in [-0.3, -0.25) is 4.98 Å². The number of pyridine rings is 1. The Morgan fingerprint density at radius 3 is 2.67 bits per heavy atom. The van der Waals surface area contributed by atoms with Crippen LogP contribution in [-0.4, -0.2) is 16.2 Å². The summed E-state index contributed by atoms with van der Waals surface area (Å²) in [6, 6.07) is 2.97. The molecule has 0 aliphatic carbocycles. The van der Waals surface area contributed by atoms with Crippen molar-refractivity contribution in [1.29, 1.82) is 0 Å². The van der Waals surface area contributed by atoms with E-state index >= 15 is 0 Å². The summed E-state index contributed by atoms with van der Waals surface area (Å²) in [5, 5.41) is 9.71. The molecule has 0 amide bonds. The van der Waals surface area contributed by atoms with E-state index in [1.165, 1.54) is 6.20 Å². The van der Waals surface area contributed by atoms with Crippen LogP contribution in [0.25, 0.3) is 0 Å². The summed E-state index contributed by atoms with van der Waals surface area (Å²) in [5.41, 5.74) is 6.28. The predicted octanol–water partition coefficient (Wildman–Crippen LogP) is 1.12.